The number of methoxy groups -OCH3 is 1. The van der Waals surface area contributed by atoms with Crippen LogP contribution >= 0.6 is 11.8 Å². The highest BCUT2D eigenvalue weighted by Crippen LogP contribution is 2.24. The number of aliphatic hydroxyl groups is 1. The van der Waals surface area contributed by atoms with Gasteiger partial charge in [-0.1, -0.05) is 0 Å². The van der Waals surface area contributed by atoms with Crippen LogP contribution in [0.2, 0.25) is 0 Å². The van der Waals surface area contributed by atoms with Gasteiger partial charge in [0.1, 0.15) is 0 Å². The van der Waals surface area contributed by atoms with Crippen LogP contribution < -0.4 is 0 Å². The lowest BCUT2D eigenvalue weighted by molar-refractivity contribution is -0.135. The lowest BCUT2D eigenvalue weighted by atomic mass is 10.1. The maximum Gasteiger partial charge on any atom is 0.226 e. The van der Waals surface area contributed by atoms with Gasteiger partial charge in [-0.2, -0.15) is 11.8 Å². The smallest absolute Gasteiger partial charge is 0.226 e. The Morgan fingerprint density at radius 3 is 3.00 bits per heavy atom. The van der Waals surface area contributed by atoms with Crippen molar-refractivity contribution in [1.29, 1.82) is 0 Å². The molecule has 88 valence electrons. The van der Waals surface area contributed by atoms with Crippen LogP contribution in [0.15, 0.2) is 0 Å². The molecule has 1 heterocycles. The molecular formula is C10H19NO3S. The van der Waals surface area contributed by atoms with E-state index in [0.717, 1.165) is 17.9 Å². The van der Waals surface area contributed by atoms with Crippen LogP contribution in [0.1, 0.15) is 6.42 Å². The molecule has 1 fully saturated rings. The van der Waals surface area contributed by atoms with Crippen LogP contribution in [0, 0.1) is 5.92 Å². The second-order valence-corrected chi connectivity index (χ2v) is 5.04. The second kappa shape index (κ2) is 6.35. The van der Waals surface area contributed by atoms with Gasteiger partial charge in [-0.15, -0.1) is 0 Å². The molecule has 2 atom stereocenters. The van der Waals surface area contributed by atoms with E-state index in [9.17, 15) is 9.90 Å². The standard InChI is InChI=1S/C10H19NO3S/c1-11(5-9(12)6-14-2)10(13)8-3-4-15-7-8/h8-9,12H,3-7H2,1-2H3. The quantitative estimate of drug-likeness (QED) is 0.737. The average molecular weight is 233 g/mol. The third kappa shape index (κ3) is 4.01. The van der Waals surface area contributed by atoms with Crippen LogP contribution in [0.25, 0.3) is 0 Å². The van der Waals surface area contributed by atoms with Gasteiger partial charge in [0.15, 0.2) is 0 Å². The third-order valence-corrected chi connectivity index (χ3v) is 3.66. The Bertz CT molecular complexity index is 207. The predicted molar refractivity (Wildman–Crippen MR) is 61.0 cm³/mol. The van der Waals surface area contributed by atoms with Crippen LogP contribution in [-0.4, -0.2) is 60.8 Å². The number of carbonyl (C=O) groups is 1. The molecule has 1 amide bonds. The van der Waals surface area contributed by atoms with Crippen molar-refractivity contribution >= 4 is 17.7 Å². The van der Waals surface area contributed by atoms with Crippen molar-refractivity contribution in [3.8, 4) is 0 Å². The second-order valence-electron chi connectivity index (χ2n) is 3.89. The first-order valence-electron chi connectivity index (χ1n) is 5.15. The van der Waals surface area contributed by atoms with Crippen LogP contribution in [0.4, 0.5) is 0 Å². The van der Waals surface area contributed by atoms with Crippen molar-refractivity contribution in [2.45, 2.75) is 12.5 Å². The van der Waals surface area contributed by atoms with E-state index in [1.54, 1.807) is 19.1 Å². The van der Waals surface area contributed by atoms with Gasteiger partial charge in [0.2, 0.25) is 5.91 Å². The summed E-state index contributed by atoms with van der Waals surface area (Å²) in [7, 11) is 3.28. The molecule has 1 rings (SSSR count). The molecule has 15 heavy (non-hydrogen) atoms. The van der Waals surface area contributed by atoms with Crippen LogP contribution in [-0.2, 0) is 9.53 Å². The van der Waals surface area contributed by atoms with Gasteiger partial charge in [-0.25, -0.2) is 0 Å². The summed E-state index contributed by atoms with van der Waals surface area (Å²) in [5.74, 6) is 2.29. The summed E-state index contributed by atoms with van der Waals surface area (Å²) in [6.45, 7) is 0.630. The maximum absolute atomic E-state index is 11.8. The molecule has 5 heteroatoms. The Morgan fingerprint density at radius 2 is 2.47 bits per heavy atom. The summed E-state index contributed by atoms with van der Waals surface area (Å²) >= 11 is 1.82. The van der Waals surface area contributed by atoms with E-state index in [1.165, 1.54) is 0 Å². The lowest BCUT2D eigenvalue weighted by Gasteiger charge is -2.23. The molecule has 0 spiro atoms. The van der Waals surface area contributed by atoms with E-state index in [-0.39, 0.29) is 18.4 Å². The molecule has 0 aromatic carbocycles. The van der Waals surface area contributed by atoms with Crippen molar-refractivity contribution in [2.75, 3.05) is 38.8 Å². The Labute approximate surface area is 95.0 Å². The summed E-state index contributed by atoms with van der Waals surface area (Å²) in [4.78, 5) is 13.5. The highest BCUT2D eigenvalue weighted by atomic mass is 32.2. The van der Waals surface area contributed by atoms with Crippen LogP contribution in [0.3, 0.4) is 0 Å². The molecule has 0 aliphatic carbocycles. The van der Waals surface area contributed by atoms with E-state index in [0.29, 0.717) is 6.54 Å². The SMILES string of the molecule is COCC(O)CN(C)C(=O)C1CCSC1. The molecule has 2 unspecified atom stereocenters. The Kier molecular flexibility index (Phi) is 5.42. The molecule has 0 bridgehead atoms. The average Bonchev–Trinajstić information content (AvgIpc) is 2.69. The normalized spacial score (nSPS) is 22.7. The molecule has 0 aromatic rings. The Morgan fingerprint density at radius 1 is 1.73 bits per heavy atom. The highest BCUT2D eigenvalue weighted by molar-refractivity contribution is 7.99. The number of thioether (sulfide) groups is 1. The van der Waals surface area contributed by atoms with Gasteiger partial charge in [0, 0.05) is 32.4 Å². The Balaban J connectivity index is 2.31. The monoisotopic (exact) mass is 233 g/mol. The van der Waals surface area contributed by atoms with Crippen LogP contribution in [0.5, 0.6) is 0 Å². The fourth-order valence-corrected chi connectivity index (χ4v) is 2.90. The predicted octanol–water partition coefficient (Wildman–Crippen LogP) is 0.205. The number of rotatable bonds is 5. The van der Waals surface area contributed by atoms with Gasteiger partial charge in [0.05, 0.1) is 12.7 Å². The van der Waals surface area contributed by atoms with E-state index in [4.69, 9.17) is 4.74 Å². The molecular weight excluding hydrogens is 214 g/mol. The van der Waals surface area contributed by atoms with Crippen molar-refractivity contribution < 1.29 is 14.6 Å². The number of amides is 1. The number of carbonyl (C=O) groups excluding carboxylic acids is 1. The molecule has 1 aliphatic rings. The number of ether oxygens (including phenoxy) is 1. The zero-order chi connectivity index (χ0) is 11.3. The maximum atomic E-state index is 11.8. The summed E-state index contributed by atoms with van der Waals surface area (Å²) in [5.41, 5.74) is 0. The van der Waals surface area contributed by atoms with E-state index in [2.05, 4.69) is 0 Å². The number of nitrogens with zero attached hydrogens (tertiary/aromatic N) is 1. The molecule has 1 saturated heterocycles. The fourth-order valence-electron chi connectivity index (χ4n) is 1.69. The first kappa shape index (κ1) is 12.8. The third-order valence-electron chi connectivity index (χ3n) is 2.50. The van der Waals surface area contributed by atoms with Crippen molar-refractivity contribution in [3.63, 3.8) is 0 Å². The van der Waals surface area contributed by atoms with Gasteiger partial charge in [-0.05, 0) is 12.2 Å². The summed E-state index contributed by atoms with van der Waals surface area (Å²) in [6.07, 6.45) is 0.381. The molecule has 0 radical (unpaired) electrons. The zero-order valence-corrected chi connectivity index (χ0v) is 10.1. The summed E-state index contributed by atoms with van der Waals surface area (Å²) in [5, 5.41) is 9.49. The molecule has 1 N–H and O–H groups in total. The molecule has 0 saturated carbocycles. The van der Waals surface area contributed by atoms with Crippen molar-refractivity contribution in [1.82, 2.24) is 4.90 Å². The zero-order valence-electron chi connectivity index (χ0n) is 9.31. The van der Waals surface area contributed by atoms with Gasteiger partial charge >= 0.3 is 0 Å². The summed E-state index contributed by atoms with van der Waals surface area (Å²) < 4.78 is 4.82. The first-order valence-corrected chi connectivity index (χ1v) is 6.30. The van der Waals surface area contributed by atoms with E-state index >= 15 is 0 Å². The molecule has 4 nitrogen and oxygen atoms in total. The largest absolute Gasteiger partial charge is 0.389 e. The van der Waals surface area contributed by atoms with Crippen molar-refractivity contribution in [2.24, 2.45) is 5.92 Å². The number of hydrogen-bond acceptors (Lipinski definition) is 4. The molecule has 0 aromatic heterocycles. The minimum absolute atomic E-state index is 0.148. The van der Waals surface area contributed by atoms with Gasteiger partial charge in [0.25, 0.3) is 0 Å². The minimum Gasteiger partial charge on any atom is -0.389 e. The topological polar surface area (TPSA) is 49.8 Å². The first-order chi connectivity index (χ1) is 7.15. The van der Waals surface area contributed by atoms with E-state index < -0.39 is 6.10 Å². The summed E-state index contributed by atoms with van der Waals surface area (Å²) in [6, 6.07) is 0. The number of hydrogen-bond donors (Lipinski definition) is 1. The lowest BCUT2D eigenvalue weighted by Crippen LogP contribution is -2.39. The van der Waals surface area contributed by atoms with Crippen molar-refractivity contribution in [3.05, 3.63) is 0 Å². The number of aliphatic hydroxyl groups excluding tert-OH is 1. The highest BCUT2D eigenvalue weighted by Gasteiger charge is 2.26. The number of likely N-dealkylation sites (N-methyl/N-ethyl adjacent to an activating group) is 1. The Hall–Kier alpha value is -0.260. The van der Waals surface area contributed by atoms with Gasteiger partial charge in [-0.3, -0.25) is 4.79 Å². The fraction of sp³-hybridized carbons (Fsp3) is 0.900. The van der Waals surface area contributed by atoms with E-state index in [1.807, 2.05) is 11.8 Å². The molecule has 1 aliphatic heterocycles. The minimum atomic E-state index is -0.585. The van der Waals surface area contributed by atoms with Gasteiger partial charge < -0.3 is 14.7 Å².